The normalized spacial score (nSPS) is 20.5. The molecule has 2 aromatic rings. The van der Waals surface area contributed by atoms with Crippen molar-refractivity contribution in [2.75, 3.05) is 49.6 Å². The van der Waals surface area contributed by atoms with Gasteiger partial charge in [0, 0.05) is 38.4 Å². The third-order valence-electron chi connectivity index (χ3n) is 5.33. The smallest absolute Gasteiger partial charge is 0.406 e. The molecule has 1 aromatic carbocycles. The summed E-state index contributed by atoms with van der Waals surface area (Å²) in [5.74, 6) is 1.29. The molecule has 1 N–H and O–H groups in total. The van der Waals surface area contributed by atoms with Crippen molar-refractivity contribution in [3.8, 4) is 5.75 Å². The number of ether oxygens (including phenoxy) is 2. The zero-order valence-corrected chi connectivity index (χ0v) is 17.1. The average Bonchev–Trinajstić information content (AvgIpc) is 2.74. The van der Waals surface area contributed by atoms with E-state index in [1.54, 1.807) is 12.3 Å². The Labute approximate surface area is 179 Å². The summed E-state index contributed by atoms with van der Waals surface area (Å²) in [6.07, 6.45) is -0.925. The number of likely N-dealkylation sites (tertiary alicyclic amines) is 1. The van der Waals surface area contributed by atoms with Gasteiger partial charge in [-0.25, -0.2) is 4.98 Å². The van der Waals surface area contributed by atoms with E-state index in [0.717, 1.165) is 50.4 Å². The Kier molecular flexibility index (Phi) is 6.77. The van der Waals surface area contributed by atoms with Crippen LogP contribution in [0.4, 0.5) is 24.9 Å². The Balaban J connectivity index is 1.34. The van der Waals surface area contributed by atoms with Crippen LogP contribution < -0.4 is 15.0 Å². The number of piperidine rings is 1. The molecule has 3 heterocycles. The van der Waals surface area contributed by atoms with Gasteiger partial charge in [0.2, 0.25) is 5.95 Å². The lowest BCUT2D eigenvalue weighted by Gasteiger charge is -2.33. The van der Waals surface area contributed by atoms with Crippen LogP contribution in [-0.4, -0.2) is 66.7 Å². The van der Waals surface area contributed by atoms with Gasteiger partial charge in [0.1, 0.15) is 11.6 Å². The molecule has 0 aliphatic carbocycles. The average molecular weight is 437 g/mol. The van der Waals surface area contributed by atoms with Crippen LogP contribution in [0.15, 0.2) is 36.5 Å². The van der Waals surface area contributed by atoms with E-state index in [9.17, 15) is 13.2 Å². The molecule has 0 radical (unpaired) electrons. The zero-order valence-electron chi connectivity index (χ0n) is 17.1. The highest BCUT2D eigenvalue weighted by Gasteiger charge is 2.31. The van der Waals surface area contributed by atoms with E-state index in [0.29, 0.717) is 25.7 Å². The zero-order chi connectivity index (χ0) is 21.7. The van der Waals surface area contributed by atoms with Gasteiger partial charge < -0.3 is 19.7 Å². The molecule has 1 unspecified atom stereocenters. The van der Waals surface area contributed by atoms with E-state index in [1.807, 2.05) is 12.1 Å². The first-order valence-electron chi connectivity index (χ1n) is 10.4. The van der Waals surface area contributed by atoms with Gasteiger partial charge in [-0.3, -0.25) is 4.90 Å². The monoisotopic (exact) mass is 437 g/mol. The molecule has 1 aromatic heterocycles. The van der Waals surface area contributed by atoms with Crippen LogP contribution in [0.3, 0.4) is 0 Å². The topological polar surface area (TPSA) is 62.8 Å². The lowest BCUT2D eigenvalue weighted by Crippen LogP contribution is -2.42. The molecule has 0 bridgehead atoms. The van der Waals surface area contributed by atoms with Gasteiger partial charge in [-0.2, -0.15) is 4.98 Å². The van der Waals surface area contributed by atoms with Gasteiger partial charge in [-0.15, -0.1) is 13.2 Å². The summed E-state index contributed by atoms with van der Waals surface area (Å²) >= 11 is 0. The second-order valence-corrected chi connectivity index (χ2v) is 7.76. The number of rotatable bonds is 6. The first-order chi connectivity index (χ1) is 14.9. The van der Waals surface area contributed by atoms with E-state index < -0.39 is 6.36 Å². The van der Waals surface area contributed by atoms with Gasteiger partial charge in [-0.1, -0.05) is 12.1 Å². The number of nitrogens with one attached hydrogen (secondary N) is 1. The molecule has 4 rings (SSSR count). The fourth-order valence-electron chi connectivity index (χ4n) is 3.97. The highest BCUT2D eigenvalue weighted by molar-refractivity contribution is 5.42. The lowest BCUT2D eigenvalue weighted by molar-refractivity contribution is -0.274. The lowest BCUT2D eigenvalue weighted by atomic mass is 10.0. The first kappa shape index (κ1) is 21.6. The maximum absolute atomic E-state index is 12.5. The number of aromatic nitrogens is 2. The third kappa shape index (κ3) is 6.44. The number of morpholine rings is 1. The minimum absolute atomic E-state index is 0.187. The summed E-state index contributed by atoms with van der Waals surface area (Å²) in [5, 5.41) is 3.49. The Morgan fingerprint density at radius 3 is 2.81 bits per heavy atom. The van der Waals surface area contributed by atoms with Crippen molar-refractivity contribution in [2.24, 2.45) is 0 Å². The molecule has 1 atom stereocenters. The molecular weight excluding hydrogens is 411 g/mol. The van der Waals surface area contributed by atoms with Crippen molar-refractivity contribution < 1.29 is 22.6 Å². The van der Waals surface area contributed by atoms with Gasteiger partial charge in [0.15, 0.2) is 0 Å². The van der Waals surface area contributed by atoms with Crippen molar-refractivity contribution in [2.45, 2.75) is 31.8 Å². The van der Waals surface area contributed by atoms with Crippen molar-refractivity contribution >= 4 is 11.8 Å². The maximum atomic E-state index is 12.5. The largest absolute Gasteiger partial charge is 0.573 e. The van der Waals surface area contributed by atoms with Crippen LogP contribution in [0, 0.1) is 0 Å². The predicted octanol–water partition coefficient (Wildman–Crippen LogP) is 3.29. The summed E-state index contributed by atoms with van der Waals surface area (Å²) in [5.41, 5.74) is 0.791. The quantitative estimate of drug-likeness (QED) is 0.744. The van der Waals surface area contributed by atoms with Crippen molar-refractivity contribution in [3.63, 3.8) is 0 Å². The van der Waals surface area contributed by atoms with E-state index in [1.165, 1.54) is 12.1 Å². The van der Waals surface area contributed by atoms with E-state index in [2.05, 4.69) is 29.8 Å². The molecule has 0 spiro atoms. The van der Waals surface area contributed by atoms with Crippen LogP contribution in [0.5, 0.6) is 5.75 Å². The fourth-order valence-corrected chi connectivity index (χ4v) is 3.97. The molecule has 7 nitrogen and oxygen atoms in total. The summed E-state index contributed by atoms with van der Waals surface area (Å²) in [6.45, 7) is 5.14. The number of hydrogen-bond donors (Lipinski definition) is 1. The Hall–Kier alpha value is -2.59. The molecule has 2 aliphatic rings. The second-order valence-electron chi connectivity index (χ2n) is 7.76. The van der Waals surface area contributed by atoms with Crippen LogP contribution in [0.2, 0.25) is 0 Å². The van der Waals surface area contributed by atoms with Gasteiger partial charge in [-0.05, 0) is 43.1 Å². The Morgan fingerprint density at radius 2 is 2.00 bits per heavy atom. The molecule has 10 heteroatoms. The molecule has 31 heavy (non-hydrogen) atoms. The summed E-state index contributed by atoms with van der Waals surface area (Å²) in [6, 6.07) is 8.24. The molecule has 2 fully saturated rings. The number of benzene rings is 1. The van der Waals surface area contributed by atoms with Crippen LogP contribution >= 0.6 is 0 Å². The number of anilines is 2. The molecule has 2 saturated heterocycles. The van der Waals surface area contributed by atoms with Crippen LogP contribution in [0.25, 0.3) is 0 Å². The van der Waals surface area contributed by atoms with Gasteiger partial charge in [0.25, 0.3) is 0 Å². The van der Waals surface area contributed by atoms with Crippen molar-refractivity contribution in [1.82, 2.24) is 14.9 Å². The van der Waals surface area contributed by atoms with E-state index >= 15 is 0 Å². The second kappa shape index (κ2) is 9.69. The molecule has 0 amide bonds. The predicted molar refractivity (Wildman–Crippen MR) is 110 cm³/mol. The summed E-state index contributed by atoms with van der Waals surface area (Å²) < 4.78 is 46.8. The van der Waals surface area contributed by atoms with Crippen LogP contribution in [0.1, 0.15) is 18.4 Å². The summed E-state index contributed by atoms with van der Waals surface area (Å²) in [4.78, 5) is 13.4. The minimum Gasteiger partial charge on any atom is -0.406 e. The molecule has 2 aliphatic heterocycles. The molecular formula is C21H26F3N5O2. The molecule has 0 saturated carbocycles. The Bertz CT molecular complexity index is 861. The Morgan fingerprint density at radius 1 is 1.16 bits per heavy atom. The van der Waals surface area contributed by atoms with E-state index in [-0.39, 0.29) is 11.8 Å². The maximum Gasteiger partial charge on any atom is 0.573 e. The third-order valence-corrected chi connectivity index (χ3v) is 5.33. The number of hydrogen-bond acceptors (Lipinski definition) is 7. The number of halogens is 3. The highest BCUT2D eigenvalue weighted by atomic mass is 19.4. The highest BCUT2D eigenvalue weighted by Crippen LogP contribution is 2.25. The fraction of sp³-hybridized carbons (Fsp3) is 0.524. The first-order valence-corrected chi connectivity index (χ1v) is 10.4. The SMILES string of the molecule is FC(F)(F)Oc1cccc(CN2CCCC(Nc3ccnc(N4CCOCC4)n3)C2)c1. The standard InChI is InChI=1S/C21H26F3N5O2/c22-21(23,24)31-18-5-1-3-16(13-18)14-28-8-2-4-17(15-28)26-19-6-7-25-20(27-19)29-9-11-30-12-10-29/h1,3,5-7,13,17H,2,4,8-12,14-15H2,(H,25,26,27). The van der Waals surface area contributed by atoms with Gasteiger partial charge in [0.05, 0.1) is 13.2 Å². The minimum atomic E-state index is -4.68. The van der Waals surface area contributed by atoms with Crippen LogP contribution in [-0.2, 0) is 11.3 Å². The van der Waals surface area contributed by atoms with E-state index in [4.69, 9.17) is 4.74 Å². The molecule has 168 valence electrons. The number of nitrogens with zero attached hydrogens (tertiary/aromatic N) is 4. The van der Waals surface area contributed by atoms with Gasteiger partial charge >= 0.3 is 6.36 Å². The van der Waals surface area contributed by atoms with Crippen molar-refractivity contribution in [3.05, 3.63) is 42.1 Å². The number of alkyl halides is 3. The summed E-state index contributed by atoms with van der Waals surface area (Å²) in [7, 11) is 0. The van der Waals surface area contributed by atoms with Crippen molar-refractivity contribution in [1.29, 1.82) is 0 Å².